The molecule has 1 aromatic heterocycles. The number of carbonyl (C=O) groups excluding carboxylic acids is 1. The highest BCUT2D eigenvalue weighted by molar-refractivity contribution is 6.46. The number of amides is 1. The van der Waals surface area contributed by atoms with Crippen LogP contribution in [0.15, 0.2) is 29.4 Å². The number of aromatic nitrogens is 1. The minimum Gasteiger partial charge on any atom is -0.396 e. The van der Waals surface area contributed by atoms with Crippen LogP contribution in [0.5, 0.6) is 0 Å². The summed E-state index contributed by atoms with van der Waals surface area (Å²) in [6.45, 7) is 0. The van der Waals surface area contributed by atoms with E-state index in [1.54, 1.807) is 0 Å². The van der Waals surface area contributed by atoms with Crippen LogP contribution in [0.1, 0.15) is 21.6 Å². The first-order valence-corrected chi connectivity index (χ1v) is 7.55. The lowest BCUT2D eigenvalue weighted by molar-refractivity contribution is -0.137. The number of nitrogens with zero attached hydrogens (tertiary/aromatic N) is 2. The fraction of sp³-hybridized carbons (Fsp3) is 0.0714. The molecule has 0 atom stereocenters. The molecular formula is C14H8Cl3F3N4O. The maximum Gasteiger partial charge on any atom is 0.416 e. The molecular weight excluding hydrogens is 404 g/mol. The summed E-state index contributed by atoms with van der Waals surface area (Å²) in [5.41, 5.74) is 6.48. The number of anilines is 1. The third kappa shape index (κ3) is 4.53. The average Bonchev–Trinajstić information content (AvgIpc) is 2.55. The molecule has 0 fully saturated rings. The van der Waals surface area contributed by atoms with Crippen LogP contribution in [-0.2, 0) is 6.18 Å². The number of hydrazone groups is 1. The summed E-state index contributed by atoms with van der Waals surface area (Å²) in [6.07, 6.45) is -3.45. The molecule has 0 aliphatic carbocycles. The highest BCUT2D eigenvalue weighted by Gasteiger charge is 2.30. The molecule has 0 aliphatic rings. The Morgan fingerprint density at radius 3 is 2.56 bits per heavy atom. The summed E-state index contributed by atoms with van der Waals surface area (Å²) in [7, 11) is 0. The van der Waals surface area contributed by atoms with Crippen LogP contribution in [-0.4, -0.2) is 17.1 Å². The van der Waals surface area contributed by atoms with Crippen LogP contribution in [0.2, 0.25) is 15.2 Å². The third-order valence-corrected chi connectivity index (χ3v) is 4.02. The Morgan fingerprint density at radius 2 is 1.92 bits per heavy atom. The van der Waals surface area contributed by atoms with Crippen LogP contribution in [0, 0.1) is 0 Å². The number of carbonyl (C=O) groups is 1. The van der Waals surface area contributed by atoms with Crippen molar-refractivity contribution < 1.29 is 18.0 Å². The molecule has 0 saturated heterocycles. The number of hydrogen-bond acceptors (Lipinski definition) is 4. The number of nitrogens with two attached hydrogens (primary N) is 1. The SMILES string of the molecule is Nc1c(Cl)c(Cl)nc(C(=O)N/N=C/c2cccc(C(F)(F)F)c2)c1Cl. The van der Waals surface area contributed by atoms with E-state index in [2.05, 4.69) is 15.5 Å². The van der Waals surface area contributed by atoms with E-state index in [-0.39, 0.29) is 32.1 Å². The molecule has 132 valence electrons. The first kappa shape index (κ1) is 19.3. The number of nitrogen functional groups attached to an aromatic ring is 1. The second-order valence-corrected chi connectivity index (χ2v) is 5.73. The standard InChI is InChI=1S/C14H8Cl3F3N4O/c15-8-10(21)9(16)12(17)23-11(8)13(25)24-22-5-6-2-1-3-7(4-6)14(18,19)20/h1-5H,(H2,21,23)(H,24,25)/b22-5+. The van der Waals surface area contributed by atoms with Gasteiger partial charge in [0.15, 0.2) is 10.8 Å². The molecule has 5 nitrogen and oxygen atoms in total. The van der Waals surface area contributed by atoms with Crippen LogP contribution >= 0.6 is 34.8 Å². The highest BCUT2D eigenvalue weighted by Crippen LogP contribution is 2.34. The lowest BCUT2D eigenvalue weighted by Crippen LogP contribution is -2.20. The largest absolute Gasteiger partial charge is 0.416 e. The zero-order chi connectivity index (χ0) is 18.8. The van der Waals surface area contributed by atoms with Crippen molar-refractivity contribution in [2.75, 3.05) is 5.73 Å². The normalized spacial score (nSPS) is 11.8. The van der Waals surface area contributed by atoms with Crippen molar-refractivity contribution in [2.24, 2.45) is 5.10 Å². The van der Waals surface area contributed by atoms with Crippen LogP contribution in [0.3, 0.4) is 0 Å². The van der Waals surface area contributed by atoms with Crippen molar-refractivity contribution in [3.63, 3.8) is 0 Å². The van der Waals surface area contributed by atoms with Gasteiger partial charge in [-0.05, 0) is 17.7 Å². The van der Waals surface area contributed by atoms with Gasteiger partial charge in [0.05, 0.1) is 22.5 Å². The molecule has 1 heterocycles. The number of rotatable bonds is 3. The van der Waals surface area contributed by atoms with Gasteiger partial charge in [-0.3, -0.25) is 4.79 Å². The van der Waals surface area contributed by atoms with Gasteiger partial charge in [-0.15, -0.1) is 0 Å². The topological polar surface area (TPSA) is 80.4 Å². The van der Waals surface area contributed by atoms with Crippen molar-refractivity contribution in [2.45, 2.75) is 6.18 Å². The molecule has 3 N–H and O–H groups in total. The second-order valence-electron chi connectivity index (χ2n) is 4.62. The van der Waals surface area contributed by atoms with Gasteiger partial charge in [0.1, 0.15) is 5.02 Å². The monoisotopic (exact) mass is 410 g/mol. The predicted octanol–water partition coefficient (Wildman–Crippen LogP) is 4.41. The number of nitrogens with one attached hydrogen (secondary N) is 1. The van der Waals surface area contributed by atoms with Gasteiger partial charge in [-0.1, -0.05) is 46.9 Å². The molecule has 2 rings (SSSR count). The predicted molar refractivity (Wildman–Crippen MR) is 90.2 cm³/mol. The molecule has 0 saturated carbocycles. The Kier molecular flexibility index (Phi) is 5.76. The zero-order valence-corrected chi connectivity index (χ0v) is 14.3. The van der Waals surface area contributed by atoms with Crippen molar-refractivity contribution in [1.29, 1.82) is 0 Å². The summed E-state index contributed by atoms with van der Waals surface area (Å²) < 4.78 is 37.9. The summed E-state index contributed by atoms with van der Waals surface area (Å²) in [5.74, 6) is -0.863. The van der Waals surface area contributed by atoms with Crippen molar-refractivity contribution in [3.8, 4) is 0 Å². The van der Waals surface area contributed by atoms with E-state index >= 15 is 0 Å². The fourth-order valence-electron chi connectivity index (χ4n) is 1.70. The quantitative estimate of drug-likeness (QED) is 0.446. The number of benzene rings is 1. The second kappa shape index (κ2) is 7.47. The maximum atomic E-state index is 12.6. The molecule has 2 aromatic rings. The van der Waals surface area contributed by atoms with Gasteiger partial charge in [-0.2, -0.15) is 18.3 Å². The molecule has 0 unspecified atom stereocenters. The Bertz CT molecular complexity index is 856. The average molecular weight is 412 g/mol. The Balaban J connectivity index is 2.17. The number of halogens is 6. The smallest absolute Gasteiger partial charge is 0.396 e. The Labute approximate surface area is 154 Å². The van der Waals surface area contributed by atoms with E-state index in [4.69, 9.17) is 40.5 Å². The van der Waals surface area contributed by atoms with E-state index in [9.17, 15) is 18.0 Å². The van der Waals surface area contributed by atoms with E-state index in [1.165, 1.54) is 12.1 Å². The van der Waals surface area contributed by atoms with E-state index in [1.807, 2.05) is 0 Å². The minimum atomic E-state index is -4.48. The first-order chi connectivity index (χ1) is 11.6. The minimum absolute atomic E-state index is 0.101. The zero-order valence-electron chi connectivity index (χ0n) is 12.0. The van der Waals surface area contributed by atoms with Gasteiger partial charge < -0.3 is 5.73 Å². The van der Waals surface area contributed by atoms with Gasteiger partial charge in [-0.25, -0.2) is 10.4 Å². The summed E-state index contributed by atoms with van der Waals surface area (Å²) in [6, 6.07) is 4.38. The lowest BCUT2D eigenvalue weighted by Gasteiger charge is -2.08. The number of pyridine rings is 1. The molecule has 1 aromatic carbocycles. The van der Waals surface area contributed by atoms with Crippen molar-refractivity contribution in [3.05, 3.63) is 56.3 Å². The molecule has 0 spiro atoms. The van der Waals surface area contributed by atoms with Gasteiger partial charge in [0, 0.05) is 0 Å². The Hall–Kier alpha value is -2.03. The molecule has 0 bridgehead atoms. The van der Waals surface area contributed by atoms with E-state index in [0.717, 1.165) is 18.3 Å². The molecule has 0 aliphatic heterocycles. The number of hydrogen-bond donors (Lipinski definition) is 2. The van der Waals surface area contributed by atoms with Crippen LogP contribution in [0.4, 0.5) is 18.9 Å². The molecule has 0 radical (unpaired) electrons. The van der Waals surface area contributed by atoms with Gasteiger partial charge in [0.25, 0.3) is 5.91 Å². The fourth-order valence-corrected chi connectivity index (χ4v) is 2.29. The van der Waals surface area contributed by atoms with Crippen LogP contribution < -0.4 is 11.2 Å². The van der Waals surface area contributed by atoms with Gasteiger partial charge >= 0.3 is 6.18 Å². The Morgan fingerprint density at radius 1 is 1.24 bits per heavy atom. The van der Waals surface area contributed by atoms with Gasteiger partial charge in [0.2, 0.25) is 0 Å². The summed E-state index contributed by atoms with van der Waals surface area (Å²) in [4.78, 5) is 15.7. The van der Waals surface area contributed by atoms with Crippen LogP contribution in [0.25, 0.3) is 0 Å². The maximum absolute atomic E-state index is 12.6. The van der Waals surface area contributed by atoms with Crippen molar-refractivity contribution >= 4 is 52.6 Å². The first-order valence-electron chi connectivity index (χ1n) is 6.42. The number of alkyl halides is 3. The molecule has 11 heteroatoms. The van der Waals surface area contributed by atoms with E-state index in [0.29, 0.717) is 0 Å². The van der Waals surface area contributed by atoms with Crippen molar-refractivity contribution in [1.82, 2.24) is 10.4 Å². The lowest BCUT2D eigenvalue weighted by atomic mass is 10.1. The summed E-state index contributed by atoms with van der Waals surface area (Å²) >= 11 is 17.3. The van der Waals surface area contributed by atoms with E-state index < -0.39 is 17.6 Å². The molecule has 25 heavy (non-hydrogen) atoms. The molecule has 1 amide bonds. The third-order valence-electron chi connectivity index (χ3n) is 2.88. The highest BCUT2D eigenvalue weighted by atomic mass is 35.5. The summed E-state index contributed by atoms with van der Waals surface area (Å²) in [5, 5.41) is 3.01.